The molecule has 27 heavy (non-hydrogen) atoms. The van der Waals surface area contributed by atoms with Crippen molar-refractivity contribution in [3.8, 4) is 0 Å². The minimum Gasteiger partial charge on any atom is -0.352 e. The van der Waals surface area contributed by atoms with Crippen LogP contribution in [-0.4, -0.2) is 44.1 Å². The smallest absolute Gasteiger partial charge is 0.256 e. The number of hydrogen-bond acceptors (Lipinski definition) is 3. The van der Waals surface area contributed by atoms with E-state index in [0.717, 1.165) is 25.2 Å². The van der Waals surface area contributed by atoms with Crippen molar-refractivity contribution >= 4 is 11.6 Å². The zero-order valence-electron chi connectivity index (χ0n) is 15.8. The number of aryl methyl sites for hydroxylation is 1. The van der Waals surface area contributed by atoms with E-state index in [4.69, 9.17) is 0 Å². The lowest BCUT2D eigenvalue weighted by Crippen LogP contribution is -2.41. The molecule has 6 heteroatoms. The quantitative estimate of drug-likeness (QED) is 0.731. The van der Waals surface area contributed by atoms with Gasteiger partial charge in [-0.15, -0.1) is 0 Å². The number of imidazole rings is 1. The van der Waals surface area contributed by atoms with Gasteiger partial charge in [-0.3, -0.25) is 9.69 Å². The van der Waals surface area contributed by atoms with E-state index >= 15 is 0 Å². The van der Waals surface area contributed by atoms with Gasteiger partial charge in [0.25, 0.3) is 5.91 Å². The topological polar surface area (TPSA) is 54.6 Å². The Kier molecular flexibility index (Phi) is 5.25. The number of fused-ring (bicyclic) bond motifs is 1. The van der Waals surface area contributed by atoms with Gasteiger partial charge >= 0.3 is 0 Å². The molecule has 0 aliphatic carbocycles. The van der Waals surface area contributed by atoms with Gasteiger partial charge in [0.1, 0.15) is 11.2 Å². The summed E-state index contributed by atoms with van der Waals surface area (Å²) in [5, 5.41) is 7.34. The fraction of sp³-hybridized carbons (Fsp3) is 0.429. The first-order valence-electron chi connectivity index (χ1n) is 9.77. The number of carbonyl (C=O) groups is 1. The Bertz CT molecular complexity index is 898. The molecule has 3 heterocycles. The number of likely N-dealkylation sites (tertiary alicyclic amines) is 1. The average Bonchev–Trinajstić information content (AvgIpc) is 3.27. The monoisotopic (exact) mass is 365 g/mol. The van der Waals surface area contributed by atoms with Crippen molar-refractivity contribution in [2.45, 2.75) is 38.3 Å². The van der Waals surface area contributed by atoms with E-state index in [1.165, 1.54) is 24.8 Å². The number of aromatic nitrogens is 3. The standard InChI is InChI=1S/C21H27N5O/c1-24-13-14-26-21(24)19(15-23-26)20(27)22-11-10-18-9-5-6-12-25(18)16-17-7-3-2-4-8-17/h2-4,7-8,13-15,18H,5-6,9-12,16H2,1H3,(H,22,27)/t18-/m0/s1. The largest absolute Gasteiger partial charge is 0.352 e. The highest BCUT2D eigenvalue weighted by molar-refractivity contribution is 5.99. The van der Waals surface area contributed by atoms with E-state index in [9.17, 15) is 4.79 Å². The van der Waals surface area contributed by atoms with E-state index in [0.29, 0.717) is 18.2 Å². The van der Waals surface area contributed by atoms with Crippen LogP contribution in [0.2, 0.25) is 0 Å². The molecule has 2 aromatic heterocycles. The van der Waals surface area contributed by atoms with Gasteiger partial charge in [0, 0.05) is 38.6 Å². The highest BCUT2D eigenvalue weighted by Crippen LogP contribution is 2.21. The number of nitrogens with one attached hydrogen (secondary N) is 1. The zero-order valence-corrected chi connectivity index (χ0v) is 15.8. The number of benzene rings is 1. The summed E-state index contributed by atoms with van der Waals surface area (Å²) in [6.45, 7) is 2.82. The Morgan fingerprint density at radius 1 is 1.22 bits per heavy atom. The summed E-state index contributed by atoms with van der Waals surface area (Å²) in [6.07, 6.45) is 10.1. The number of hydrogen-bond donors (Lipinski definition) is 1. The molecule has 1 N–H and O–H groups in total. The molecule has 1 aliphatic heterocycles. The molecule has 0 radical (unpaired) electrons. The van der Waals surface area contributed by atoms with Gasteiger partial charge in [-0.1, -0.05) is 36.8 Å². The van der Waals surface area contributed by atoms with Crippen LogP contribution in [0.1, 0.15) is 41.6 Å². The maximum absolute atomic E-state index is 12.6. The molecule has 142 valence electrons. The van der Waals surface area contributed by atoms with Gasteiger partial charge in [0.05, 0.1) is 6.20 Å². The summed E-state index contributed by atoms with van der Waals surface area (Å²) in [5.41, 5.74) is 2.82. The summed E-state index contributed by atoms with van der Waals surface area (Å²) in [5.74, 6) is -0.0442. The molecule has 0 saturated carbocycles. The van der Waals surface area contributed by atoms with Crippen LogP contribution in [0.4, 0.5) is 0 Å². The molecular weight excluding hydrogens is 338 g/mol. The lowest BCUT2D eigenvalue weighted by Gasteiger charge is -2.36. The predicted molar refractivity (Wildman–Crippen MR) is 106 cm³/mol. The molecular formula is C21H27N5O. The van der Waals surface area contributed by atoms with Gasteiger partial charge in [0.2, 0.25) is 0 Å². The van der Waals surface area contributed by atoms with Crippen molar-refractivity contribution in [3.63, 3.8) is 0 Å². The molecule has 3 aromatic rings. The Morgan fingerprint density at radius 2 is 2.07 bits per heavy atom. The zero-order chi connectivity index (χ0) is 18.6. The maximum atomic E-state index is 12.6. The summed E-state index contributed by atoms with van der Waals surface area (Å²) >= 11 is 0. The maximum Gasteiger partial charge on any atom is 0.256 e. The van der Waals surface area contributed by atoms with Crippen molar-refractivity contribution in [2.75, 3.05) is 13.1 Å². The summed E-state index contributed by atoms with van der Waals surface area (Å²) in [7, 11) is 1.93. The number of amides is 1. The van der Waals surface area contributed by atoms with Crippen LogP contribution >= 0.6 is 0 Å². The third kappa shape index (κ3) is 3.90. The first-order valence-corrected chi connectivity index (χ1v) is 9.77. The Balaban J connectivity index is 1.34. The Labute approximate surface area is 159 Å². The van der Waals surface area contributed by atoms with Crippen LogP contribution in [0.15, 0.2) is 48.9 Å². The van der Waals surface area contributed by atoms with Crippen molar-refractivity contribution < 1.29 is 4.79 Å². The normalized spacial score (nSPS) is 18.0. The van der Waals surface area contributed by atoms with Crippen LogP contribution in [0.5, 0.6) is 0 Å². The number of piperidine rings is 1. The molecule has 1 saturated heterocycles. The molecule has 1 atom stereocenters. The van der Waals surface area contributed by atoms with Crippen LogP contribution in [-0.2, 0) is 13.6 Å². The van der Waals surface area contributed by atoms with Crippen molar-refractivity contribution in [3.05, 3.63) is 60.0 Å². The second-order valence-electron chi connectivity index (χ2n) is 7.39. The highest BCUT2D eigenvalue weighted by Gasteiger charge is 2.23. The first-order chi connectivity index (χ1) is 13.2. The van der Waals surface area contributed by atoms with E-state index in [-0.39, 0.29) is 5.91 Å². The SMILES string of the molecule is Cn1ccn2ncc(C(=O)NCC[C@@H]3CCCCN3Cc3ccccc3)c12. The molecule has 0 spiro atoms. The molecule has 6 nitrogen and oxygen atoms in total. The first kappa shape index (κ1) is 17.8. The number of carbonyl (C=O) groups excluding carboxylic acids is 1. The molecule has 0 bridgehead atoms. The Hall–Kier alpha value is -2.60. The number of nitrogens with zero attached hydrogens (tertiary/aromatic N) is 4. The van der Waals surface area contributed by atoms with Gasteiger partial charge < -0.3 is 9.88 Å². The van der Waals surface area contributed by atoms with Crippen LogP contribution in [0, 0.1) is 0 Å². The van der Waals surface area contributed by atoms with E-state index in [1.54, 1.807) is 10.7 Å². The Morgan fingerprint density at radius 3 is 2.93 bits per heavy atom. The summed E-state index contributed by atoms with van der Waals surface area (Å²) < 4.78 is 3.66. The van der Waals surface area contributed by atoms with Crippen LogP contribution in [0.25, 0.3) is 5.65 Å². The van der Waals surface area contributed by atoms with E-state index < -0.39 is 0 Å². The fourth-order valence-electron chi connectivity index (χ4n) is 4.07. The second-order valence-corrected chi connectivity index (χ2v) is 7.39. The molecule has 1 fully saturated rings. The van der Waals surface area contributed by atoms with Crippen LogP contribution < -0.4 is 5.32 Å². The van der Waals surface area contributed by atoms with Crippen molar-refractivity contribution in [2.24, 2.45) is 7.05 Å². The second kappa shape index (κ2) is 7.96. The summed E-state index contributed by atoms with van der Waals surface area (Å²) in [4.78, 5) is 15.2. The van der Waals surface area contributed by atoms with Crippen molar-refractivity contribution in [1.29, 1.82) is 0 Å². The minimum absolute atomic E-state index is 0.0442. The van der Waals surface area contributed by atoms with Gasteiger partial charge in [-0.25, -0.2) is 4.52 Å². The molecule has 1 aromatic carbocycles. The molecule has 0 unspecified atom stereocenters. The predicted octanol–water partition coefficient (Wildman–Crippen LogP) is 2.85. The number of rotatable bonds is 6. The van der Waals surface area contributed by atoms with E-state index in [2.05, 4.69) is 45.6 Å². The van der Waals surface area contributed by atoms with Gasteiger partial charge in [-0.2, -0.15) is 5.10 Å². The molecule has 4 rings (SSSR count). The minimum atomic E-state index is -0.0442. The van der Waals surface area contributed by atoms with Crippen LogP contribution in [0.3, 0.4) is 0 Å². The third-order valence-electron chi connectivity index (χ3n) is 5.52. The molecule has 1 amide bonds. The summed E-state index contributed by atoms with van der Waals surface area (Å²) in [6, 6.07) is 11.2. The average molecular weight is 365 g/mol. The highest BCUT2D eigenvalue weighted by atomic mass is 16.1. The van der Waals surface area contributed by atoms with Crippen molar-refractivity contribution in [1.82, 2.24) is 24.4 Å². The third-order valence-corrected chi connectivity index (χ3v) is 5.52. The van der Waals surface area contributed by atoms with Gasteiger partial charge in [-0.05, 0) is 31.4 Å². The van der Waals surface area contributed by atoms with Gasteiger partial charge in [0.15, 0.2) is 0 Å². The lowest BCUT2D eigenvalue weighted by molar-refractivity contribution is 0.0938. The van der Waals surface area contributed by atoms with E-state index in [1.807, 2.05) is 24.0 Å². The fourth-order valence-corrected chi connectivity index (χ4v) is 4.07. The molecule has 1 aliphatic rings. The lowest BCUT2D eigenvalue weighted by atomic mass is 9.98.